The lowest BCUT2D eigenvalue weighted by atomic mass is 10.1. The van der Waals surface area contributed by atoms with Crippen molar-refractivity contribution in [3.8, 4) is 0 Å². The van der Waals surface area contributed by atoms with Gasteiger partial charge in [-0.05, 0) is 22.2 Å². The number of aliphatic hydroxyl groups excluding tert-OH is 1. The molecule has 0 radical (unpaired) electrons. The maximum absolute atomic E-state index is 12.8. The number of rotatable bonds is 7. The van der Waals surface area contributed by atoms with Gasteiger partial charge in [0.05, 0.1) is 12.9 Å². The highest BCUT2D eigenvalue weighted by Gasteiger charge is 2.61. The van der Waals surface area contributed by atoms with Crippen molar-refractivity contribution in [3.63, 3.8) is 0 Å². The Morgan fingerprint density at radius 3 is 2.20 bits per heavy atom. The molecule has 0 aromatic carbocycles. The number of fused-ring (bicyclic) bond motifs is 2. The van der Waals surface area contributed by atoms with Crippen LogP contribution in [0.15, 0.2) is 11.1 Å². The van der Waals surface area contributed by atoms with Gasteiger partial charge in [0.1, 0.15) is 18.3 Å². The summed E-state index contributed by atoms with van der Waals surface area (Å²) >= 11 is 0. The van der Waals surface area contributed by atoms with Gasteiger partial charge in [-0.1, -0.05) is 69.2 Å². The van der Waals surface area contributed by atoms with E-state index in [-0.39, 0.29) is 57.7 Å². The molecule has 0 saturated carbocycles. The summed E-state index contributed by atoms with van der Waals surface area (Å²) < 4.78 is 28.9. The Bertz CT molecular complexity index is 1260. The average Bonchev–Trinajstić information content (AvgIpc) is 3.39. The van der Waals surface area contributed by atoms with E-state index in [4.69, 9.17) is 17.7 Å². The van der Waals surface area contributed by atoms with Gasteiger partial charge in [-0.15, -0.1) is 0 Å². The molecular formula is C26H45N5O7Si2. The zero-order valence-electron chi connectivity index (χ0n) is 25.2. The predicted molar refractivity (Wildman–Crippen MR) is 155 cm³/mol. The molecule has 1 amide bonds. The molecular weight excluding hydrogens is 550 g/mol. The van der Waals surface area contributed by atoms with Crippen LogP contribution in [0.2, 0.25) is 22.2 Å². The van der Waals surface area contributed by atoms with Crippen LogP contribution in [-0.2, 0) is 22.5 Å². The quantitative estimate of drug-likeness (QED) is 0.405. The molecule has 2 aromatic heterocycles. The fourth-order valence-electron chi connectivity index (χ4n) is 5.80. The third-order valence-corrected chi connectivity index (χ3v) is 18.4. The minimum atomic E-state index is -2.97. The SMILES string of the molecule is CC(C)C(=O)Nc1nc2c(ncn2[C@@H]2O[C@H]3CO[Si](C(C)C)(C(C)C)O[Si](C(C)C)(C(C)C)O[C@H]3[C@H]2O)c(=O)[nH]1. The average molecular weight is 596 g/mol. The summed E-state index contributed by atoms with van der Waals surface area (Å²) in [5.74, 6) is -0.596. The summed E-state index contributed by atoms with van der Waals surface area (Å²) in [5, 5.41) is 14.3. The van der Waals surface area contributed by atoms with Crippen LogP contribution in [0.4, 0.5) is 5.95 Å². The van der Waals surface area contributed by atoms with E-state index in [0.29, 0.717) is 0 Å². The van der Waals surface area contributed by atoms with Gasteiger partial charge in [0, 0.05) is 5.92 Å². The number of nitrogens with zero attached hydrogens (tertiary/aromatic N) is 3. The fourth-order valence-corrected chi connectivity index (χ4v) is 17.0. The number of nitrogens with one attached hydrogen (secondary N) is 2. The van der Waals surface area contributed by atoms with Gasteiger partial charge in [-0.2, -0.15) is 4.98 Å². The largest absolute Gasteiger partial charge is 0.414 e. The molecule has 0 spiro atoms. The van der Waals surface area contributed by atoms with Crippen molar-refractivity contribution in [2.24, 2.45) is 5.92 Å². The molecule has 4 rings (SSSR count). The number of aliphatic hydroxyl groups is 1. The van der Waals surface area contributed by atoms with Crippen LogP contribution in [-0.4, -0.2) is 72.6 Å². The van der Waals surface area contributed by atoms with Gasteiger partial charge in [0.25, 0.3) is 5.56 Å². The number of hydrogen-bond donors (Lipinski definition) is 3. The van der Waals surface area contributed by atoms with Gasteiger partial charge < -0.3 is 22.8 Å². The van der Waals surface area contributed by atoms with E-state index >= 15 is 0 Å². The molecule has 0 aliphatic carbocycles. The Balaban J connectivity index is 1.76. The van der Waals surface area contributed by atoms with Crippen LogP contribution >= 0.6 is 0 Å². The number of aromatic nitrogens is 4. The monoisotopic (exact) mass is 595 g/mol. The van der Waals surface area contributed by atoms with Gasteiger partial charge in [0.2, 0.25) is 11.9 Å². The third-order valence-electron chi connectivity index (χ3n) is 8.11. The first-order chi connectivity index (χ1) is 18.6. The Kier molecular flexibility index (Phi) is 8.82. The number of carbonyl (C=O) groups is 1. The van der Waals surface area contributed by atoms with Crippen molar-refractivity contribution in [1.29, 1.82) is 0 Å². The molecule has 2 saturated heterocycles. The van der Waals surface area contributed by atoms with Crippen molar-refractivity contribution in [3.05, 3.63) is 16.7 Å². The highest BCUT2D eigenvalue weighted by atomic mass is 28.5. The normalized spacial score (nSPS) is 26.6. The van der Waals surface area contributed by atoms with Crippen LogP contribution < -0.4 is 10.9 Å². The number of aromatic amines is 1. The number of ether oxygens (including phenoxy) is 1. The van der Waals surface area contributed by atoms with Crippen molar-refractivity contribution in [1.82, 2.24) is 19.5 Å². The zero-order chi connectivity index (χ0) is 29.7. The molecule has 12 nitrogen and oxygen atoms in total. The standard InChI is InChI=1S/C26H45N5O7Si2/c1-13(2)23(33)29-26-28-22-19(24(34)30-26)27-12-31(22)25-20(32)21-18(36-25)11-35-39(14(3)4,15(5)6)38-40(37-21,16(7)8)17(9)10/h12-18,20-21,25,32H,11H2,1-10H3,(H2,28,29,30,33,34)/t18-,20+,21+,25+/m0/s1. The van der Waals surface area contributed by atoms with E-state index < -0.39 is 47.2 Å². The van der Waals surface area contributed by atoms with Gasteiger partial charge in [-0.25, -0.2) is 4.98 Å². The first-order valence-electron chi connectivity index (χ1n) is 14.3. The maximum atomic E-state index is 12.8. The zero-order valence-corrected chi connectivity index (χ0v) is 27.2. The molecule has 2 fully saturated rings. The summed E-state index contributed by atoms with van der Waals surface area (Å²) in [7, 11) is -5.75. The molecule has 2 aliphatic rings. The molecule has 3 N–H and O–H groups in total. The number of carbonyl (C=O) groups excluding carboxylic acids is 1. The number of imidazole rings is 1. The van der Waals surface area contributed by atoms with E-state index in [1.54, 1.807) is 13.8 Å². The lowest BCUT2D eigenvalue weighted by molar-refractivity contribution is -0.118. The lowest BCUT2D eigenvalue weighted by Gasteiger charge is -2.51. The molecule has 2 aliphatic heterocycles. The van der Waals surface area contributed by atoms with Crippen LogP contribution in [0, 0.1) is 5.92 Å². The number of anilines is 1. The number of amides is 1. The summed E-state index contributed by atoms with van der Waals surface area (Å²) in [5.41, 5.74) is 0.271. The molecule has 40 heavy (non-hydrogen) atoms. The molecule has 4 heterocycles. The Labute approximate surface area is 237 Å². The van der Waals surface area contributed by atoms with Crippen molar-refractivity contribution in [2.75, 3.05) is 11.9 Å². The highest BCUT2D eigenvalue weighted by Crippen LogP contribution is 2.48. The summed E-state index contributed by atoms with van der Waals surface area (Å²) in [6.07, 6.45) is -1.92. The third kappa shape index (κ3) is 5.23. The molecule has 0 bridgehead atoms. The maximum Gasteiger partial charge on any atom is 0.335 e. The smallest absolute Gasteiger partial charge is 0.335 e. The van der Waals surface area contributed by atoms with Gasteiger partial charge in [0.15, 0.2) is 17.4 Å². The molecule has 0 unspecified atom stereocenters. The molecule has 14 heteroatoms. The second-order valence-electron chi connectivity index (χ2n) is 12.5. The Hall–Kier alpha value is -1.95. The second-order valence-corrected chi connectivity index (χ2v) is 21.3. The first-order valence-corrected chi connectivity index (χ1v) is 18.2. The Morgan fingerprint density at radius 2 is 1.65 bits per heavy atom. The second kappa shape index (κ2) is 11.4. The van der Waals surface area contributed by atoms with Gasteiger partial charge in [-0.3, -0.25) is 24.5 Å². The molecule has 2 aromatic rings. The van der Waals surface area contributed by atoms with Crippen LogP contribution in [0.1, 0.15) is 75.5 Å². The van der Waals surface area contributed by atoms with Crippen LogP contribution in [0.5, 0.6) is 0 Å². The first kappa shape index (κ1) is 31.0. The van der Waals surface area contributed by atoms with Crippen molar-refractivity contribution < 1.29 is 27.6 Å². The van der Waals surface area contributed by atoms with Crippen LogP contribution in [0.25, 0.3) is 11.2 Å². The summed E-state index contributed by atoms with van der Waals surface area (Å²) in [6, 6.07) is 0. The summed E-state index contributed by atoms with van der Waals surface area (Å²) in [4.78, 5) is 36.2. The molecule has 4 atom stereocenters. The number of H-pyrrole nitrogens is 1. The Morgan fingerprint density at radius 1 is 1.05 bits per heavy atom. The number of hydrogen-bond acceptors (Lipinski definition) is 9. The van der Waals surface area contributed by atoms with E-state index in [0.717, 1.165) is 0 Å². The van der Waals surface area contributed by atoms with E-state index in [1.807, 2.05) is 0 Å². The minimum absolute atomic E-state index is 0.000117. The van der Waals surface area contributed by atoms with E-state index in [9.17, 15) is 14.7 Å². The highest BCUT2D eigenvalue weighted by molar-refractivity contribution is 6.84. The predicted octanol–water partition coefficient (Wildman–Crippen LogP) is 3.93. The van der Waals surface area contributed by atoms with Gasteiger partial charge >= 0.3 is 17.1 Å². The van der Waals surface area contributed by atoms with E-state index in [2.05, 4.69) is 75.7 Å². The van der Waals surface area contributed by atoms with E-state index in [1.165, 1.54) is 10.9 Å². The topological polar surface area (TPSA) is 150 Å². The lowest BCUT2D eigenvalue weighted by Crippen LogP contribution is -2.65. The fraction of sp³-hybridized carbons (Fsp3) is 0.769. The van der Waals surface area contributed by atoms with Crippen molar-refractivity contribution >= 4 is 40.1 Å². The van der Waals surface area contributed by atoms with Crippen LogP contribution in [0.3, 0.4) is 0 Å². The molecule has 224 valence electrons. The summed E-state index contributed by atoms with van der Waals surface area (Å²) in [6.45, 7) is 20.8. The minimum Gasteiger partial charge on any atom is -0.414 e. The van der Waals surface area contributed by atoms with Crippen molar-refractivity contribution in [2.45, 2.75) is 116 Å².